The minimum absolute atomic E-state index is 0.0475. The van der Waals surface area contributed by atoms with Gasteiger partial charge in [0.05, 0.1) is 20.9 Å². The number of carbonyl (C=O) groups is 1. The Morgan fingerprint density at radius 2 is 1.71 bits per heavy atom. The smallest absolute Gasteiger partial charge is 0.269 e. The van der Waals surface area contributed by atoms with Crippen LogP contribution in [0.2, 0.25) is 0 Å². The van der Waals surface area contributed by atoms with Crippen LogP contribution in [0.4, 0.5) is 16.5 Å². The van der Waals surface area contributed by atoms with E-state index in [2.05, 4.69) is 15.0 Å². The monoisotopic (exact) mass is 508 g/mol. The van der Waals surface area contributed by atoms with Crippen molar-refractivity contribution in [2.45, 2.75) is 18.4 Å². The van der Waals surface area contributed by atoms with E-state index in [1.807, 2.05) is 25.1 Å². The number of rotatable bonds is 9. The molecule has 0 saturated heterocycles. The summed E-state index contributed by atoms with van der Waals surface area (Å²) in [4.78, 5) is 27.6. The van der Waals surface area contributed by atoms with Crippen LogP contribution < -0.4 is 10.0 Å². The van der Waals surface area contributed by atoms with Crippen molar-refractivity contribution >= 4 is 43.6 Å². The van der Waals surface area contributed by atoms with Gasteiger partial charge in [-0.25, -0.2) is 18.1 Å². The summed E-state index contributed by atoms with van der Waals surface area (Å²) in [5.74, 6) is -0.0793. The van der Waals surface area contributed by atoms with Crippen molar-refractivity contribution in [3.63, 3.8) is 0 Å². The number of nitro groups is 1. The summed E-state index contributed by atoms with van der Waals surface area (Å²) in [6.07, 6.45) is 1.54. The molecule has 0 radical (unpaired) electrons. The van der Waals surface area contributed by atoms with Gasteiger partial charge in [0.2, 0.25) is 15.8 Å². The molecule has 9 nitrogen and oxygen atoms in total. The van der Waals surface area contributed by atoms with E-state index in [1.165, 1.54) is 23.5 Å². The standard InChI is InChI=1S/C24H20N4O5S2/c1-16-4-2-3-5-21(16)23(29)22-15-25-24(34-22)27-18-8-6-17(7-9-18)14-26-35(32,33)20-12-10-19(11-13-20)28(30)31/h2-13,15,26H,14H2,1H3,(H,25,27). The zero-order valence-electron chi connectivity index (χ0n) is 18.5. The van der Waals surface area contributed by atoms with Gasteiger partial charge in [-0.15, -0.1) is 0 Å². The molecule has 0 unspecified atom stereocenters. The van der Waals surface area contributed by atoms with E-state index < -0.39 is 14.9 Å². The lowest BCUT2D eigenvalue weighted by Gasteiger charge is -2.08. The molecule has 0 aliphatic carbocycles. The Hall–Kier alpha value is -3.93. The van der Waals surface area contributed by atoms with Crippen molar-refractivity contribution in [2.75, 3.05) is 5.32 Å². The minimum Gasteiger partial charge on any atom is -0.332 e. The molecule has 0 aliphatic rings. The Morgan fingerprint density at radius 3 is 2.37 bits per heavy atom. The fraction of sp³-hybridized carbons (Fsp3) is 0.0833. The van der Waals surface area contributed by atoms with E-state index in [0.29, 0.717) is 15.6 Å². The highest BCUT2D eigenvalue weighted by atomic mass is 32.2. The fourth-order valence-corrected chi connectivity index (χ4v) is 5.04. The van der Waals surface area contributed by atoms with Gasteiger partial charge in [-0.3, -0.25) is 14.9 Å². The Balaban J connectivity index is 1.37. The number of hydrogen-bond donors (Lipinski definition) is 2. The number of nitro benzene ring substituents is 1. The molecule has 0 aliphatic heterocycles. The maximum absolute atomic E-state index is 12.7. The van der Waals surface area contributed by atoms with Crippen LogP contribution in [0.3, 0.4) is 0 Å². The fourth-order valence-electron chi connectivity index (χ4n) is 3.24. The molecule has 178 valence electrons. The number of nitrogens with one attached hydrogen (secondary N) is 2. The van der Waals surface area contributed by atoms with Crippen LogP contribution in [0.5, 0.6) is 0 Å². The molecule has 0 saturated carbocycles. The Labute approximate surface area is 205 Å². The van der Waals surface area contributed by atoms with E-state index in [-0.39, 0.29) is 22.9 Å². The molecular formula is C24H20N4O5S2. The summed E-state index contributed by atoms with van der Waals surface area (Å²) in [6.45, 7) is 1.94. The lowest BCUT2D eigenvalue weighted by Crippen LogP contribution is -2.23. The van der Waals surface area contributed by atoms with Crippen LogP contribution in [0, 0.1) is 17.0 Å². The SMILES string of the molecule is Cc1ccccc1C(=O)c1cnc(Nc2ccc(CNS(=O)(=O)c3ccc([N+](=O)[O-])cc3)cc2)s1. The van der Waals surface area contributed by atoms with Crippen LogP contribution in [0.25, 0.3) is 0 Å². The Bertz CT molecular complexity index is 1480. The van der Waals surface area contributed by atoms with E-state index in [0.717, 1.165) is 28.9 Å². The summed E-state index contributed by atoms with van der Waals surface area (Å²) >= 11 is 1.25. The lowest BCUT2D eigenvalue weighted by atomic mass is 10.0. The van der Waals surface area contributed by atoms with E-state index in [4.69, 9.17) is 0 Å². The number of nitrogens with zero attached hydrogens (tertiary/aromatic N) is 2. The first-order chi connectivity index (χ1) is 16.7. The number of non-ortho nitro benzene ring substituents is 1. The van der Waals surface area contributed by atoms with Gasteiger partial charge in [0.15, 0.2) is 5.13 Å². The maximum Gasteiger partial charge on any atom is 0.269 e. The molecule has 4 rings (SSSR count). The molecule has 2 N–H and O–H groups in total. The van der Waals surface area contributed by atoms with Gasteiger partial charge in [-0.2, -0.15) is 0 Å². The van der Waals surface area contributed by atoms with Crippen LogP contribution >= 0.6 is 11.3 Å². The van der Waals surface area contributed by atoms with Crippen LogP contribution in [-0.4, -0.2) is 24.1 Å². The van der Waals surface area contributed by atoms with Gasteiger partial charge in [0.1, 0.15) is 0 Å². The number of thiazole rings is 1. The maximum atomic E-state index is 12.7. The van der Waals surface area contributed by atoms with Crippen molar-refractivity contribution in [2.24, 2.45) is 0 Å². The zero-order chi connectivity index (χ0) is 25.0. The van der Waals surface area contributed by atoms with Crippen molar-refractivity contribution in [3.05, 3.63) is 111 Å². The Morgan fingerprint density at radius 1 is 1.03 bits per heavy atom. The zero-order valence-corrected chi connectivity index (χ0v) is 20.1. The first-order valence-electron chi connectivity index (χ1n) is 10.4. The minimum atomic E-state index is -3.82. The molecular weight excluding hydrogens is 488 g/mol. The first-order valence-corrected chi connectivity index (χ1v) is 12.7. The van der Waals surface area contributed by atoms with Crippen LogP contribution in [-0.2, 0) is 16.6 Å². The number of aromatic nitrogens is 1. The molecule has 0 fully saturated rings. The molecule has 1 heterocycles. The second kappa shape index (κ2) is 10.1. The number of benzene rings is 3. The highest BCUT2D eigenvalue weighted by Gasteiger charge is 2.16. The van der Waals surface area contributed by atoms with Crippen LogP contribution in [0.15, 0.2) is 83.9 Å². The summed E-state index contributed by atoms with van der Waals surface area (Å²) < 4.78 is 27.4. The van der Waals surface area contributed by atoms with Crippen LogP contribution in [0.1, 0.15) is 26.4 Å². The molecule has 11 heteroatoms. The summed E-state index contributed by atoms with van der Waals surface area (Å²) in [6, 6.07) is 19.1. The topological polar surface area (TPSA) is 131 Å². The number of aryl methyl sites for hydroxylation is 1. The molecule has 35 heavy (non-hydrogen) atoms. The van der Waals surface area contributed by atoms with Gasteiger partial charge < -0.3 is 5.32 Å². The molecule has 4 aromatic rings. The molecule has 0 atom stereocenters. The largest absolute Gasteiger partial charge is 0.332 e. The number of anilines is 2. The molecule has 0 amide bonds. The summed E-state index contributed by atoms with van der Waals surface area (Å²) in [7, 11) is -3.82. The third-order valence-corrected chi connectivity index (χ3v) is 7.48. The number of carbonyl (C=O) groups excluding carboxylic acids is 1. The van der Waals surface area contributed by atoms with E-state index in [1.54, 1.807) is 36.5 Å². The van der Waals surface area contributed by atoms with Crippen molar-refractivity contribution in [1.82, 2.24) is 9.71 Å². The highest BCUT2D eigenvalue weighted by molar-refractivity contribution is 7.89. The lowest BCUT2D eigenvalue weighted by molar-refractivity contribution is -0.384. The second-order valence-electron chi connectivity index (χ2n) is 7.57. The van der Waals surface area contributed by atoms with Gasteiger partial charge in [0.25, 0.3) is 5.69 Å². The molecule has 0 spiro atoms. The predicted octanol–water partition coefficient (Wildman–Crippen LogP) is 4.81. The van der Waals surface area contributed by atoms with Gasteiger partial charge in [-0.1, -0.05) is 47.7 Å². The summed E-state index contributed by atoms with van der Waals surface area (Å²) in [5, 5.41) is 14.4. The van der Waals surface area contributed by atoms with Gasteiger partial charge in [0, 0.05) is 29.9 Å². The second-order valence-corrected chi connectivity index (χ2v) is 10.4. The normalized spacial score (nSPS) is 11.2. The average molecular weight is 509 g/mol. The third-order valence-electron chi connectivity index (χ3n) is 5.15. The predicted molar refractivity (Wildman–Crippen MR) is 134 cm³/mol. The third kappa shape index (κ3) is 5.77. The van der Waals surface area contributed by atoms with Gasteiger partial charge in [-0.05, 0) is 42.3 Å². The number of sulfonamides is 1. The quantitative estimate of drug-likeness (QED) is 0.188. The summed E-state index contributed by atoms with van der Waals surface area (Å²) in [5.41, 5.74) is 2.81. The first kappa shape index (κ1) is 24.2. The van der Waals surface area contributed by atoms with E-state index >= 15 is 0 Å². The number of ketones is 1. The van der Waals surface area contributed by atoms with E-state index in [9.17, 15) is 23.3 Å². The van der Waals surface area contributed by atoms with Crippen molar-refractivity contribution in [3.8, 4) is 0 Å². The Kier molecular flexibility index (Phi) is 7.01. The average Bonchev–Trinajstić information content (AvgIpc) is 3.32. The molecule has 3 aromatic carbocycles. The van der Waals surface area contributed by atoms with Crippen molar-refractivity contribution < 1.29 is 18.1 Å². The molecule has 1 aromatic heterocycles. The van der Waals surface area contributed by atoms with Crippen molar-refractivity contribution in [1.29, 1.82) is 0 Å². The highest BCUT2D eigenvalue weighted by Crippen LogP contribution is 2.26. The van der Waals surface area contributed by atoms with Gasteiger partial charge >= 0.3 is 0 Å². The molecule has 0 bridgehead atoms. The number of hydrogen-bond acceptors (Lipinski definition) is 8.